The summed E-state index contributed by atoms with van der Waals surface area (Å²) in [5, 5.41) is 10.5. The van der Waals surface area contributed by atoms with Crippen LogP contribution in [0.15, 0.2) is 12.7 Å². The number of rotatable bonds is 1. The number of aliphatic hydroxyl groups is 1. The molecule has 4 aliphatic rings. The summed E-state index contributed by atoms with van der Waals surface area (Å²) in [6.07, 6.45) is 8.23. The van der Waals surface area contributed by atoms with Crippen molar-refractivity contribution in [1.82, 2.24) is 0 Å². The van der Waals surface area contributed by atoms with E-state index in [1.54, 1.807) is 0 Å². The monoisotopic (exact) mass is 178 g/mol. The summed E-state index contributed by atoms with van der Waals surface area (Å²) >= 11 is 0. The van der Waals surface area contributed by atoms with E-state index in [2.05, 4.69) is 6.58 Å². The molecule has 1 N–H and O–H groups in total. The maximum atomic E-state index is 10.5. The molecule has 1 nitrogen and oxygen atoms in total. The van der Waals surface area contributed by atoms with E-state index in [4.69, 9.17) is 0 Å². The van der Waals surface area contributed by atoms with E-state index in [1.165, 1.54) is 19.3 Å². The standard InChI is InChI=1S/C12H18O/c1-2-11-10-4-8-3-9(5-10)7-12(11,13)6-8/h2,8-11,13H,1,3-7H2. The molecule has 0 amide bonds. The molecule has 0 aromatic rings. The second kappa shape index (κ2) is 2.38. The van der Waals surface area contributed by atoms with Gasteiger partial charge in [0, 0.05) is 5.92 Å². The third kappa shape index (κ3) is 0.969. The summed E-state index contributed by atoms with van der Waals surface area (Å²) in [6.45, 7) is 3.89. The van der Waals surface area contributed by atoms with Gasteiger partial charge in [-0.25, -0.2) is 0 Å². The van der Waals surface area contributed by atoms with E-state index in [9.17, 15) is 5.11 Å². The summed E-state index contributed by atoms with van der Waals surface area (Å²) < 4.78 is 0. The molecule has 13 heavy (non-hydrogen) atoms. The highest BCUT2D eigenvalue weighted by atomic mass is 16.3. The van der Waals surface area contributed by atoms with Crippen LogP contribution in [0.3, 0.4) is 0 Å². The van der Waals surface area contributed by atoms with E-state index in [1.807, 2.05) is 6.08 Å². The van der Waals surface area contributed by atoms with E-state index < -0.39 is 0 Å². The van der Waals surface area contributed by atoms with Crippen molar-refractivity contribution in [2.24, 2.45) is 23.7 Å². The third-order valence-electron chi connectivity index (χ3n) is 4.61. The van der Waals surface area contributed by atoms with Crippen LogP contribution >= 0.6 is 0 Å². The minimum Gasteiger partial charge on any atom is -0.389 e. The molecule has 4 fully saturated rings. The second-order valence-corrected chi connectivity index (χ2v) is 5.47. The van der Waals surface area contributed by atoms with E-state index in [-0.39, 0.29) is 5.60 Å². The predicted octanol–water partition coefficient (Wildman–Crippen LogP) is 2.36. The van der Waals surface area contributed by atoms with Crippen LogP contribution in [0.1, 0.15) is 32.1 Å². The highest BCUT2D eigenvalue weighted by Crippen LogP contribution is 2.58. The van der Waals surface area contributed by atoms with Crippen molar-refractivity contribution in [3.63, 3.8) is 0 Å². The van der Waals surface area contributed by atoms with Crippen molar-refractivity contribution in [3.8, 4) is 0 Å². The zero-order chi connectivity index (χ0) is 9.05. The first-order chi connectivity index (χ1) is 6.21. The predicted molar refractivity (Wildman–Crippen MR) is 52.2 cm³/mol. The van der Waals surface area contributed by atoms with Gasteiger partial charge in [0.15, 0.2) is 0 Å². The first-order valence-electron chi connectivity index (χ1n) is 5.56. The van der Waals surface area contributed by atoms with E-state index in [0.29, 0.717) is 5.92 Å². The molecule has 0 aliphatic heterocycles. The van der Waals surface area contributed by atoms with Crippen molar-refractivity contribution in [1.29, 1.82) is 0 Å². The molecule has 4 saturated carbocycles. The number of hydrogen-bond donors (Lipinski definition) is 1. The molecule has 72 valence electrons. The Kier molecular flexibility index (Phi) is 1.48. The lowest BCUT2D eigenvalue weighted by Crippen LogP contribution is -2.56. The first kappa shape index (κ1) is 8.05. The lowest BCUT2D eigenvalue weighted by Gasteiger charge is -2.58. The quantitative estimate of drug-likeness (QED) is 0.611. The molecule has 4 aliphatic carbocycles. The van der Waals surface area contributed by atoms with Gasteiger partial charge in [-0.15, -0.1) is 6.58 Å². The molecule has 0 aromatic carbocycles. The average molecular weight is 178 g/mol. The molecule has 3 atom stereocenters. The average Bonchev–Trinajstić information content (AvgIpc) is 2.00. The Morgan fingerprint density at radius 3 is 2.23 bits per heavy atom. The minimum absolute atomic E-state index is 0.351. The van der Waals surface area contributed by atoms with Gasteiger partial charge >= 0.3 is 0 Å². The third-order valence-corrected chi connectivity index (χ3v) is 4.61. The normalized spacial score (nSPS) is 58.2. The highest BCUT2D eigenvalue weighted by Gasteiger charge is 2.55. The van der Waals surface area contributed by atoms with E-state index in [0.717, 1.165) is 30.6 Å². The molecule has 0 aromatic heterocycles. The van der Waals surface area contributed by atoms with Crippen LogP contribution in [0.5, 0.6) is 0 Å². The van der Waals surface area contributed by atoms with Crippen LogP contribution in [0.25, 0.3) is 0 Å². The van der Waals surface area contributed by atoms with Crippen LogP contribution in [0, 0.1) is 23.7 Å². The molecule has 0 heterocycles. The fraction of sp³-hybridized carbons (Fsp3) is 0.833. The number of hydrogen-bond acceptors (Lipinski definition) is 1. The van der Waals surface area contributed by atoms with Crippen molar-refractivity contribution < 1.29 is 5.11 Å². The van der Waals surface area contributed by atoms with Gasteiger partial charge in [0.25, 0.3) is 0 Å². The SMILES string of the molecule is C=CC1C2CC3CC(C2)CC1(O)C3. The Morgan fingerprint density at radius 1 is 1.15 bits per heavy atom. The van der Waals surface area contributed by atoms with Gasteiger partial charge in [-0.05, 0) is 49.9 Å². The van der Waals surface area contributed by atoms with Gasteiger partial charge < -0.3 is 5.11 Å². The summed E-state index contributed by atoms with van der Waals surface area (Å²) in [6, 6.07) is 0. The van der Waals surface area contributed by atoms with Crippen LogP contribution < -0.4 is 0 Å². The van der Waals surface area contributed by atoms with Gasteiger partial charge in [-0.2, -0.15) is 0 Å². The zero-order valence-electron chi connectivity index (χ0n) is 8.08. The van der Waals surface area contributed by atoms with Gasteiger partial charge in [-0.1, -0.05) is 6.08 Å². The molecule has 0 spiro atoms. The summed E-state index contributed by atoms with van der Waals surface area (Å²) in [4.78, 5) is 0. The fourth-order valence-electron chi connectivity index (χ4n) is 4.45. The molecular weight excluding hydrogens is 160 g/mol. The molecule has 1 heteroatoms. The summed E-state index contributed by atoms with van der Waals surface area (Å²) in [7, 11) is 0. The van der Waals surface area contributed by atoms with Crippen LogP contribution in [0.2, 0.25) is 0 Å². The lowest BCUT2D eigenvalue weighted by molar-refractivity contribution is -0.155. The van der Waals surface area contributed by atoms with Gasteiger partial charge in [0.05, 0.1) is 5.60 Å². The molecule has 4 rings (SSSR count). The van der Waals surface area contributed by atoms with Crippen molar-refractivity contribution in [3.05, 3.63) is 12.7 Å². The molecule has 0 radical (unpaired) electrons. The largest absolute Gasteiger partial charge is 0.389 e. The van der Waals surface area contributed by atoms with Crippen LogP contribution in [0.4, 0.5) is 0 Å². The minimum atomic E-state index is -0.351. The Labute approximate surface area is 79.8 Å². The van der Waals surface area contributed by atoms with Crippen LogP contribution in [-0.2, 0) is 0 Å². The second-order valence-electron chi connectivity index (χ2n) is 5.47. The van der Waals surface area contributed by atoms with Gasteiger partial charge in [0.2, 0.25) is 0 Å². The van der Waals surface area contributed by atoms with Crippen molar-refractivity contribution in [2.75, 3.05) is 0 Å². The van der Waals surface area contributed by atoms with Gasteiger partial charge in [-0.3, -0.25) is 0 Å². The Hall–Kier alpha value is -0.300. The molecule has 3 unspecified atom stereocenters. The van der Waals surface area contributed by atoms with Crippen LogP contribution in [-0.4, -0.2) is 10.7 Å². The molecular formula is C12H18O. The van der Waals surface area contributed by atoms with Gasteiger partial charge in [0.1, 0.15) is 0 Å². The first-order valence-corrected chi connectivity index (χ1v) is 5.56. The summed E-state index contributed by atoms with van der Waals surface area (Å²) in [5.74, 6) is 2.83. The summed E-state index contributed by atoms with van der Waals surface area (Å²) in [5.41, 5.74) is -0.351. The maximum Gasteiger partial charge on any atom is 0.0717 e. The Balaban J connectivity index is 1.98. The fourth-order valence-corrected chi connectivity index (χ4v) is 4.45. The van der Waals surface area contributed by atoms with Crippen molar-refractivity contribution in [2.45, 2.75) is 37.7 Å². The molecule has 0 saturated heterocycles. The van der Waals surface area contributed by atoms with E-state index >= 15 is 0 Å². The topological polar surface area (TPSA) is 20.2 Å². The zero-order valence-corrected chi connectivity index (χ0v) is 8.08. The van der Waals surface area contributed by atoms with Crippen molar-refractivity contribution >= 4 is 0 Å². The highest BCUT2D eigenvalue weighted by molar-refractivity contribution is 5.11. The maximum absolute atomic E-state index is 10.5. The Morgan fingerprint density at radius 2 is 1.77 bits per heavy atom. The molecule has 4 bridgehead atoms. The lowest BCUT2D eigenvalue weighted by atomic mass is 9.50. The Bertz CT molecular complexity index is 232. The smallest absolute Gasteiger partial charge is 0.0717 e.